The molecule has 0 spiro atoms. The van der Waals surface area contributed by atoms with Gasteiger partial charge in [0.2, 0.25) is 11.6 Å². The molecule has 0 aromatic heterocycles. The summed E-state index contributed by atoms with van der Waals surface area (Å²) in [7, 11) is 1.72. The van der Waals surface area contributed by atoms with Crippen molar-refractivity contribution in [1.29, 1.82) is 0 Å². The molecule has 1 aliphatic rings. The molecule has 0 bridgehead atoms. The number of ether oxygens (including phenoxy) is 2. The molecule has 59 heavy (non-hydrogen) atoms. The first kappa shape index (κ1) is 55.2. The van der Waals surface area contributed by atoms with E-state index in [0.717, 1.165) is 116 Å². The number of carbonyl (C=O) groups is 4. The zero-order chi connectivity index (χ0) is 43.0. The van der Waals surface area contributed by atoms with E-state index in [9.17, 15) is 19.2 Å². The third kappa shape index (κ3) is 30.8. The van der Waals surface area contributed by atoms with Crippen LogP contribution in [0.3, 0.4) is 0 Å². The maximum atomic E-state index is 12.8. The first-order valence-electron chi connectivity index (χ1n) is 25.4. The summed E-state index contributed by atoms with van der Waals surface area (Å²) < 4.78 is 11.6. The molecule has 1 saturated carbocycles. The lowest BCUT2D eigenvalue weighted by molar-refractivity contribution is -0.150. The lowest BCUT2D eigenvalue weighted by Crippen LogP contribution is -2.68. The number of rotatable bonds is 45. The second-order valence-electron chi connectivity index (χ2n) is 17.7. The highest BCUT2D eigenvalue weighted by Gasteiger charge is 2.47. The minimum Gasteiger partial charge on any atom is -0.466 e. The van der Waals surface area contributed by atoms with Crippen LogP contribution in [0.4, 0.5) is 0 Å². The smallest absolute Gasteiger partial charge is 0.306 e. The summed E-state index contributed by atoms with van der Waals surface area (Å²) in [4.78, 5) is 51.5. The topological polar surface area (TPSA) is 114 Å². The number of nitrogens with one attached hydrogen (secondary N) is 2. The lowest BCUT2D eigenvalue weighted by Gasteiger charge is -2.33. The third-order valence-electron chi connectivity index (χ3n) is 12.2. The molecule has 2 atom stereocenters. The molecular weight excluding hydrogens is 739 g/mol. The maximum absolute atomic E-state index is 12.8. The number of likely N-dealkylation sites (N-methyl/N-ethyl adjacent to an activating group) is 1. The standard InChI is InChI=1S/C50H95N3O6/c1-5-8-11-14-17-18-19-25-33-43-58-45(54)37-30-26-32-41-53(42-34-39-52-48-47(51-4)49(56)50(48)57)40-31-24-20-23-29-38-46(55)59-44(35-27-21-15-12-9-6-2)36-28-22-16-13-10-7-3/h44,47-48,51-52H,5-43H2,1-4H3. The molecule has 0 amide bonds. The fourth-order valence-electron chi connectivity index (χ4n) is 8.32. The van der Waals surface area contributed by atoms with Gasteiger partial charge in [0, 0.05) is 12.8 Å². The van der Waals surface area contributed by atoms with Crippen LogP contribution < -0.4 is 10.6 Å². The third-order valence-corrected chi connectivity index (χ3v) is 12.2. The van der Waals surface area contributed by atoms with Gasteiger partial charge < -0.3 is 25.0 Å². The summed E-state index contributed by atoms with van der Waals surface area (Å²) in [6, 6.07) is -0.821. The van der Waals surface area contributed by atoms with E-state index >= 15 is 0 Å². The molecule has 0 aromatic carbocycles. The summed E-state index contributed by atoms with van der Waals surface area (Å²) in [5.74, 6) is -0.715. The zero-order valence-electron chi connectivity index (χ0n) is 39.2. The van der Waals surface area contributed by atoms with Gasteiger partial charge in [0.15, 0.2) is 0 Å². The van der Waals surface area contributed by atoms with Crippen molar-refractivity contribution in [3.63, 3.8) is 0 Å². The van der Waals surface area contributed by atoms with Gasteiger partial charge in [-0.15, -0.1) is 0 Å². The van der Waals surface area contributed by atoms with Gasteiger partial charge in [0.05, 0.1) is 18.7 Å². The summed E-state index contributed by atoms with van der Waals surface area (Å²) >= 11 is 0. The van der Waals surface area contributed by atoms with Crippen LogP contribution in [-0.2, 0) is 28.7 Å². The molecule has 0 aliphatic heterocycles. The lowest BCUT2D eigenvalue weighted by atomic mass is 9.83. The average Bonchev–Trinajstić information content (AvgIpc) is 3.23. The van der Waals surface area contributed by atoms with Crippen LogP contribution in [0, 0.1) is 0 Å². The molecule has 346 valence electrons. The Kier molecular flexibility index (Phi) is 37.6. The highest BCUT2D eigenvalue weighted by molar-refractivity contribution is 6.49. The fraction of sp³-hybridized carbons (Fsp3) is 0.920. The number of esters is 2. The van der Waals surface area contributed by atoms with Crippen LogP contribution in [0.25, 0.3) is 0 Å². The first-order chi connectivity index (χ1) is 28.9. The van der Waals surface area contributed by atoms with Crippen LogP contribution in [0.1, 0.15) is 239 Å². The molecule has 0 aromatic rings. The molecule has 1 fully saturated rings. The Balaban J connectivity index is 2.35. The first-order valence-corrected chi connectivity index (χ1v) is 25.4. The van der Waals surface area contributed by atoms with Crippen molar-refractivity contribution < 1.29 is 28.7 Å². The summed E-state index contributed by atoms with van der Waals surface area (Å²) in [6.07, 6.45) is 38.8. The molecule has 2 N–H and O–H groups in total. The Hall–Kier alpha value is -1.84. The van der Waals surface area contributed by atoms with E-state index in [1.807, 2.05) is 0 Å². The van der Waals surface area contributed by atoms with Crippen LogP contribution in [0.15, 0.2) is 0 Å². The van der Waals surface area contributed by atoms with E-state index in [4.69, 9.17) is 9.47 Å². The second-order valence-corrected chi connectivity index (χ2v) is 17.7. The zero-order valence-corrected chi connectivity index (χ0v) is 39.2. The SMILES string of the molecule is CCCCCCCCCCCOC(=O)CCCCCN(CCCCCCCC(=O)OC(CCCCCCCC)CCCCCCCC)CCCNC1C(=O)C(=O)C1NC. The minimum atomic E-state index is -0.412. The number of ketones is 2. The fourth-order valence-corrected chi connectivity index (χ4v) is 8.32. The van der Waals surface area contributed by atoms with Gasteiger partial charge in [-0.1, -0.05) is 162 Å². The van der Waals surface area contributed by atoms with Crippen molar-refractivity contribution in [1.82, 2.24) is 15.5 Å². The average molecular weight is 834 g/mol. The second kappa shape index (κ2) is 40.2. The normalized spacial score (nSPS) is 15.4. The molecule has 0 saturated heterocycles. The molecule has 1 aliphatic carbocycles. The van der Waals surface area contributed by atoms with Crippen LogP contribution >= 0.6 is 0 Å². The van der Waals surface area contributed by atoms with Gasteiger partial charge >= 0.3 is 11.9 Å². The maximum Gasteiger partial charge on any atom is 0.306 e. The van der Waals surface area contributed by atoms with Crippen molar-refractivity contribution in [3.05, 3.63) is 0 Å². The van der Waals surface area contributed by atoms with E-state index in [-0.39, 0.29) is 29.6 Å². The number of hydrogen-bond acceptors (Lipinski definition) is 9. The predicted molar refractivity (Wildman–Crippen MR) is 246 cm³/mol. The molecule has 1 rings (SSSR count). The van der Waals surface area contributed by atoms with Crippen molar-refractivity contribution >= 4 is 23.5 Å². The van der Waals surface area contributed by atoms with Gasteiger partial charge in [0.25, 0.3) is 0 Å². The molecule has 0 heterocycles. The van der Waals surface area contributed by atoms with Gasteiger partial charge in [0.1, 0.15) is 6.10 Å². The Morgan fingerprint density at radius 2 is 0.915 bits per heavy atom. The van der Waals surface area contributed by atoms with Crippen molar-refractivity contribution in [2.45, 2.75) is 257 Å². The van der Waals surface area contributed by atoms with Crippen molar-refractivity contribution in [3.8, 4) is 0 Å². The Morgan fingerprint density at radius 1 is 0.508 bits per heavy atom. The highest BCUT2D eigenvalue weighted by atomic mass is 16.5. The number of nitrogens with zero attached hydrogens (tertiary/aromatic N) is 1. The molecule has 9 nitrogen and oxygen atoms in total. The van der Waals surface area contributed by atoms with E-state index < -0.39 is 12.1 Å². The quantitative estimate of drug-likeness (QED) is 0.0352. The predicted octanol–water partition coefficient (Wildman–Crippen LogP) is 11.8. The van der Waals surface area contributed by atoms with Crippen LogP contribution in [0.5, 0.6) is 0 Å². The Bertz CT molecular complexity index is 1010. The van der Waals surface area contributed by atoms with E-state index in [1.54, 1.807) is 7.05 Å². The minimum absolute atomic E-state index is 0.00665. The number of unbranched alkanes of at least 4 members (excludes halogenated alkanes) is 24. The van der Waals surface area contributed by atoms with E-state index in [0.29, 0.717) is 26.0 Å². The van der Waals surface area contributed by atoms with E-state index in [1.165, 1.54) is 109 Å². The van der Waals surface area contributed by atoms with Crippen LogP contribution in [0.2, 0.25) is 0 Å². The molecule has 2 unspecified atom stereocenters. The highest BCUT2D eigenvalue weighted by Crippen LogP contribution is 2.19. The van der Waals surface area contributed by atoms with Crippen LogP contribution in [-0.4, -0.2) is 86.4 Å². The molecule has 0 radical (unpaired) electrons. The molecule has 9 heteroatoms. The summed E-state index contributed by atoms with van der Waals surface area (Å²) in [5, 5.41) is 6.23. The van der Waals surface area contributed by atoms with Gasteiger partial charge in [-0.3, -0.25) is 19.2 Å². The largest absolute Gasteiger partial charge is 0.466 e. The van der Waals surface area contributed by atoms with Gasteiger partial charge in [-0.2, -0.15) is 0 Å². The monoisotopic (exact) mass is 834 g/mol. The number of Topliss-reactive ketones (excluding diaryl/α,β-unsaturated/α-hetero) is 2. The van der Waals surface area contributed by atoms with Crippen molar-refractivity contribution in [2.75, 3.05) is 39.8 Å². The number of hydrogen-bond donors (Lipinski definition) is 2. The van der Waals surface area contributed by atoms with E-state index in [2.05, 4.69) is 36.3 Å². The Labute approximate surface area is 363 Å². The Morgan fingerprint density at radius 3 is 1.44 bits per heavy atom. The van der Waals surface area contributed by atoms with Gasteiger partial charge in [-0.05, 0) is 97.4 Å². The molecular formula is C50H95N3O6. The number of carbonyl (C=O) groups excluding carboxylic acids is 4. The van der Waals surface area contributed by atoms with Gasteiger partial charge in [-0.25, -0.2) is 0 Å². The summed E-state index contributed by atoms with van der Waals surface area (Å²) in [5.41, 5.74) is 0. The van der Waals surface area contributed by atoms with Crippen molar-refractivity contribution in [2.24, 2.45) is 0 Å². The summed E-state index contributed by atoms with van der Waals surface area (Å²) in [6.45, 7) is 10.9.